The lowest BCUT2D eigenvalue weighted by Crippen LogP contribution is -2.41. The molecule has 100 valence electrons. The molecule has 2 N–H and O–H groups in total. The number of carbonyl (C=O) groups excluding carboxylic acids is 1. The van der Waals surface area contributed by atoms with Crippen molar-refractivity contribution < 1.29 is 4.79 Å². The van der Waals surface area contributed by atoms with Crippen molar-refractivity contribution in [1.29, 1.82) is 0 Å². The van der Waals surface area contributed by atoms with E-state index >= 15 is 0 Å². The first kappa shape index (κ1) is 14.5. The molecule has 0 aromatic heterocycles. The smallest absolute Gasteiger partial charge is 0.223 e. The standard InChI is InChI=1S/C14H28N2O/c1-11(2)9-14(3,4)10-16-13(17)12-5-7-15-8-6-12/h11-12,15H,5-10H2,1-4H3,(H,16,17). The summed E-state index contributed by atoms with van der Waals surface area (Å²) in [5.41, 5.74) is 0.205. The third-order valence-corrected chi connectivity index (χ3v) is 3.41. The van der Waals surface area contributed by atoms with Crippen molar-refractivity contribution in [2.45, 2.75) is 47.0 Å². The second kappa shape index (κ2) is 6.39. The molecule has 1 heterocycles. The Morgan fingerprint density at radius 2 is 1.94 bits per heavy atom. The first-order chi connectivity index (χ1) is 7.91. The van der Waals surface area contributed by atoms with Gasteiger partial charge in [0.15, 0.2) is 0 Å². The Morgan fingerprint density at radius 3 is 2.47 bits per heavy atom. The normalized spacial score (nSPS) is 18.4. The van der Waals surface area contributed by atoms with E-state index in [1.165, 1.54) is 0 Å². The molecule has 3 nitrogen and oxygen atoms in total. The van der Waals surface area contributed by atoms with Crippen LogP contribution in [0.4, 0.5) is 0 Å². The fraction of sp³-hybridized carbons (Fsp3) is 0.929. The molecule has 1 amide bonds. The van der Waals surface area contributed by atoms with Crippen LogP contribution in [-0.4, -0.2) is 25.5 Å². The highest BCUT2D eigenvalue weighted by Gasteiger charge is 2.24. The minimum Gasteiger partial charge on any atom is -0.355 e. The molecule has 3 heteroatoms. The first-order valence-electron chi connectivity index (χ1n) is 6.89. The second-order valence-corrected chi connectivity index (χ2v) is 6.50. The zero-order valence-corrected chi connectivity index (χ0v) is 11.8. The summed E-state index contributed by atoms with van der Waals surface area (Å²) in [6.07, 6.45) is 3.12. The minimum absolute atomic E-state index is 0.205. The van der Waals surface area contributed by atoms with Gasteiger partial charge in [0.25, 0.3) is 0 Å². The quantitative estimate of drug-likeness (QED) is 0.773. The molecule has 1 saturated heterocycles. The lowest BCUT2D eigenvalue weighted by molar-refractivity contribution is -0.126. The number of rotatable bonds is 5. The minimum atomic E-state index is 0.205. The molecule has 0 bridgehead atoms. The largest absolute Gasteiger partial charge is 0.355 e. The van der Waals surface area contributed by atoms with Crippen molar-refractivity contribution >= 4 is 5.91 Å². The van der Waals surface area contributed by atoms with Gasteiger partial charge in [-0.25, -0.2) is 0 Å². The summed E-state index contributed by atoms with van der Waals surface area (Å²) >= 11 is 0. The van der Waals surface area contributed by atoms with Crippen molar-refractivity contribution in [3.05, 3.63) is 0 Å². The van der Waals surface area contributed by atoms with E-state index in [-0.39, 0.29) is 17.2 Å². The molecule has 1 rings (SSSR count). The average molecular weight is 240 g/mol. The van der Waals surface area contributed by atoms with Crippen LogP contribution in [0.1, 0.15) is 47.0 Å². The van der Waals surface area contributed by atoms with E-state index in [0.29, 0.717) is 5.92 Å². The van der Waals surface area contributed by atoms with Crippen LogP contribution >= 0.6 is 0 Å². The molecule has 17 heavy (non-hydrogen) atoms. The van der Waals surface area contributed by atoms with Gasteiger partial charge in [0.2, 0.25) is 5.91 Å². The molecular formula is C14H28N2O. The Bertz CT molecular complexity index is 243. The van der Waals surface area contributed by atoms with E-state index < -0.39 is 0 Å². The molecule has 0 unspecified atom stereocenters. The number of amides is 1. The van der Waals surface area contributed by atoms with Crippen LogP contribution in [0.5, 0.6) is 0 Å². The molecule has 0 aliphatic carbocycles. The van der Waals surface area contributed by atoms with Gasteiger partial charge in [0, 0.05) is 12.5 Å². The number of hydrogen-bond acceptors (Lipinski definition) is 2. The molecular weight excluding hydrogens is 212 g/mol. The molecule has 0 saturated carbocycles. The summed E-state index contributed by atoms with van der Waals surface area (Å²) < 4.78 is 0. The Morgan fingerprint density at radius 1 is 1.35 bits per heavy atom. The molecule has 0 aromatic rings. The van der Waals surface area contributed by atoms with Gasteiger partial charge >= 0.3 is 0 Å². The number of nitrogens with one attached hydrogen (secondary N) is 2. The van der Waals surface area contributed by atoms with Crippen LogP contribution in [0.2, 0.25) is 0 Å². The SMILES string of the molecule is CC(C)CC(C)(C)CNC(=O)C1CCNCC1. The second-order valence-electron chi connectivity index (χ2n) is 6.50. The Balaban J connectivity index is 2.31. The third kappa shape index (κ3) is 5.53. The summed E-state index contributed by atoms with van der Waals surface area (Å²) in [6.45, 7) is 11.7. The first-order valence-corrected chi connectivity index (χ1v) is 6.89. The van der Waals surface area contributed by atoms with Crippen LogP contribution in [0.15, 0.2) is 0 Å². The van der Waals surface area contributed by atoms with E-state index in [1.807, 2.05) is 0 Å². The fourth-order valence-corrected chi connectivity index (χ4v) is 2.73. The van der Waals surface area contributed by atoms with Crippen molar-refractivity contribution in [2.75, 3.05) is 19.6 Å². The number of carbonyl (C=O) groups is 1. The van der Waals surface area contributed by atoms with Crippen LogP contribution in [0.25, 0.3) is 0 Å². The lowest BCUT2D eigenvalue weighted by atomic mass is 9.83. The molecule has 1 fully saturated rings. The van der Waals surface area contributed by atoms with Crippen molar-refractivity contribution in [3.63, 3.8) is 0 Å². The molecule has 0 radical (unpaired) electrons. The fourth-order valence-electron chi connectivity index (χ4n) is 2.73. The van der Waals surface area contributed by atoms with Gasteiger partial charge in [-0.1, -0.05) is 27.7 Å². The maximum Gasteiger partial charge on any atom is 0.223 e. The topological polar surface area (TPSA) is 41.1 Å². The van der Waals surface area contributed by atoms with Gasteiger partial charge < -0.3 is 10.6 Å². The van der Waals surface area contributed by atoms with Crippen molar-refractivity contribution in [3.8, 4) is 0 Å². The van der Waals surface area contributed by atoms with E-state index in [9.17, 15) is 4.79 Å². The van der Waals surface area contributed by atoms with Gasteiger partial charge in [-0.3, -0.25) is 4.79 Å². The number of piperidine rings is 1. The monoisotopic (exact) mass is 240 g/mol. The van der Waals surface area contributed by atoms with Crippen LogP contribution < -0.4 is 10.6 Å². The highest BCUT2D eigenvalue weighted by molar-refractivity contribution is 5.78. The predicted molar refractivity (Wildman–Crippen MR) is 71.8 cm³/mol. The summed E-state index contributed by atoms with van der Waals surface area (Å²) in [5.74, 6) is 1.16. The third-order valence-electron chi connectivity index (χ3n) is 3.41. The number of hydrogen-bond donors (Lipinski definition) is 2. The summed E-state index contributed by atoms with van der Waals surface area (Å²) in [7, 11) is 0. The maximum absolute atomic E-state index is 12.0. The molecule has 1 aliphatic heterocycles. The maximum atomic E-state index is 12.0. The van der Waals surface area contributed by atoms with Gasteiger partial charge in [0.05, 0.1) is 0 Å². The predicted octanol–water partition coefficient (Wildman–Crippen LogP) is 2.17. The summed E-state index contributed by atoms with van der Waals surface area (Å²) in [5, 5.41) is 6.42. The van der Waals surface area contributed by atoms with Crippen molar-refractivity contribution in [2.24, 2.45) is 17.3 Å². The van der Waals surface area contributed by atoms with E-state index in [1.54, 1.807) is 0 Å². The summed E-state index contributed by atoms with van der Waals surface area (Å²) in [4.78, 5) is 12.0. The van der Waals surface area contributed by atoms with Crippen LogP contribution in [-0.2, 0) is 4.79 Å². The Kier molecular flexibility index (Phi) is 5.44. The van der Waals surface area contributed by atoms with Gasteiger partial charge in [-0.15, -0.1) is 0 Å². The van der Waals surface area contributed by atoms with Crippen molar-refractivity contribution in [1.82, 2.24) is 10.6 Å². The lowest BCUT2D eigenvalue weighted by Gasteiger charge is -2.29. The molecule has 0 atom stereocenters. The van der Waals surface area contributed by atoms with Gasteiger partial charge in [-0.2, -0.15) is 0 Å². The summed E-state index contributed by atoms with van der Waals surface area (Å²) in [6, 6.07) is 0. The van der Waals surface area contributed by atoms with Crippen LogP contribution in [0.3, 0.4) is 0 Å². The van der Waals surface area contributed by atoms with Gasteiger partial charge in [0.1, 0.15) is 0 Å². The van der Waals surface area contributed by atoms with E-state index in [0.717, 1.165) is 38.9 Å². The zero-order chi connectivity index (χ0) is 12.9. The highest BCUT2D eigenvalue weighted by atomic mass is 16.1. The average Bonchev–Trinajstić information content (AvgIpc) is 2.25. The Hall–Kier alpha value is -0.570. The zero-order valence-electron chi connectivity index (χ0n) is 11.8. The molecule has 0 spiro atoms. The van der Waals surface area contributed by atoms with Crippen LogP contribution in [0, 0.1) is 17.3 Å². The Labute approximate surface area is 106 Å². The molecule has 1 aliphatic rings. The van der Waals surface area contributed by atoms with E-state index in [2.05, 4.69) is 38.3 Å². The molecule has 0 aromatic carbocycles. The highest BCUT2D eigenvalue weighted by Crippen LogP contribution is 2.24. The van der Waals surface area contributed by atoms with E-state index in [4.69, 9.17) is 0 Å². The van der Waals surface area contributed by atoms with Gasteiger partial charge in [-0.05, 0) is 43.7 Å².